The molecule has 3 aromatic carbocycles. The first-order valence-corrected chi connectivity index (χ1v) is 10.2. The highest BCUT2D eigenvalue weighted by Crippen LogP contribution is 2.42. The normalized spacial score (nSPS) is 23.9. The van der Waals surface area contributed by atoms with E-state index in [-0.39, 0.29) is 12.0 Å². The molecule has 0 aliphatic carbocycles. The minimum atomic E-state index is -0.602. The maximum atomic E-state index is 6.60. The van der Waals surface area contributed by atoms with Gasteiger partial charge in [0.1, 0.15) is 5.60 Å². The zero-order chi connectivity index (χ0) is 20.1. The van der Waals surface area contributed by atoms with E-state index >= 15 is 0 Å². The lowest BCUT2D eigenvalue weighted by Crippen LogP contribution is -2.56. The van der Waals surface area contributed by atoms with Gasteiger partial charge < -0.3 is 9.31 Å². The summed E-state index contributed by atoms with van der Waals surface area (Å²) in [4.78, 5) is 0. The summed E-state index contributed by atoms with van der Waals surface area (Å²) in [6, 6.07) is 30.6. The van der Waals surface area contributed by atoms with Gasteiger partial charge in [-0.1, -0.05) is 105 Å². The number of hydrogen-bond acceptors (Lipinski definition) is 2. The molecule has 1 heterocycles. The van der Waals surface area contributed by atoms with E-state index in [9.17, 15) is 0 Å². The Hall–Kier alpha value is -2.80. The van der Waals surface area contributed by atoms with Gasteiger partial charge in [-0.25, -0.2) is 0 Å². The quantitative estimate of drug-likeness (QED) is 0.470. The molecule has 144 valence electrons. The van der Waals surface area contributed by atoms with Gasteiger partial charge >= 0.3 is 7.12 Å². The molecule has 0 radical (unpaired) electrons. The fourth-order valence-electron chi connectivity index (χ4n) is 3.92. The molecule has 4 rings (SSSR count). The van der Waals surface area contributed by atoms with E-state index in [0.29, 0.717) is 0 Å². The van der Waals surface area contributed by atoms with Crippen molar-refractivity contribution in [2.24, 2.45) is 5.92 Å². The molecule has 0 N–H and O–H groups in total. The molecule has 0 spiro atoms. The summed E-state index contributed by atoms with van der Waals surface area (Å²) in [5.74, 6) is 6.92. The van der Waals surface area contributed by atoms with E-state index in [1.165, 1.54) is 0 Å². The molecule has 0 unspecified atom stereocenters. The van der Waals surface area contributed by atoms with E-state index in [1.54, 1.807) is 0 Å². The highest BCUT2D eigenvalue weighted by Gasteiger charge is 2.49. The molecule has 0 amide bonds. The van der Waals surface area contributed by atoms with Crippen LogP contribution in [-0.2, 0) is 9.31 Å². The first kappa shape index (κ1) is 19.5. The molecule has 3 aromatic rings. The van der Waals surface area contributed by atoms with Gasteiger partial charge in [-0.2, -0.15) is 0 Å². The van der Waals surface area contributed by atoms with E-state index in [2.05, 4.69) is 50.0 Å². The second kappa shape index (κ2) is 8.70. The summed E-state index contributed by atoms with van der Waals surface area (Å²) in [5, 5.41) is 0. The second-order valence-corrected chi connectivity index (χ2v) is 7.48. The summed E-state index contributed by atoms with van der Waals surface area (Å²) in [6.07, 6.45) is 0.685. The van der Waals surface area contributed by atoms with Crippen LogP contribution in [0.3, 0.4) is 0 Å². The van der Waals surface area contributed by atoms with Crippen LogP contribution >= 0.6 is 0 Å². The van der Waals surface area contributed by atoms with Gasteiger partial charge in [0, 0.05) is 11.5 Å². The molecule has 1 aliphatic rings. The number of hydrogen-bond donors (Lipinski definition) is 0. The Morgan fingerprint density at radius 2 is 1.45 bits per heavy atom. The Balaban J connectivity index is 1.76. The van der Waals surface area contributed by atoms with Crippen LogP contribution < -0.4 is 5.46 Å². The molecule has 29 heavy (non-hydrogen) atoms. The SMILES string of the molecule is CC[C@@]1(C#Cc2ccccc2)OB(c2ccccc2)O[C@@H](c2ccccc2)[C@H]1C. The Kier molecular flexibility index (Phi) is 5.85. The first-order chi connectivity index (χ1) is 14.2. The standard InChI is InChI=1S/C26H25BO2/c1-3-26(20-19-22-13-7-4-8-14-22)21(2)25(23-15-9-5-10-16-23)28-27(29-26)24-17-11-6-12-18-24/h4-18,21,25H,3H2,1-2H3/t21-,25-,26+/m1/s1. The second-order valence-electron chi connectivity index (χ2n) is 7.48. The summed E-state index contributed by atoms with van der Waals surface area (Å²) >= 11 is 0. The topological polar surface area (TPSA) is 18.5 Å². The third kappa shape index (κ3) is 4.15. The van der Waals surface area contributed by atoms with Gasteiger partial charge in [0.05, 0.1) is 6.10 Å². The monoisotopic (exact) mass is 380 g/mol. The largest absolute Gasteiger partial charge is 0.495 e. The average molecular weight is 380 g/mol. The van der Waals surface area contributed by atoms with Crippen molar-refractivity contribution in [1.82, 2.24) is 0 Å². The number of rotatable bonds is 3. The van der Waals surface area contributed by atoms with Crippen molar-refractivity contribution in [3.63, 3.8) is 0 Å². The predicted molar refractivity (Wildman–Crippen MR) is 119 cm³/mol. The molecule has 0 aromatic heterocycles. The van der Waals surface area contributed by atoms with E-state index in [0.717, 1.165) is 23.0 Å². The minimum absolute atomic E-state index is 0.0751. The lowest BCUT2D eigenvalue weighted by molar-refractivity contribution is -0.0702. The highest BCUT2D eigenvalue weighted by molar-refractivity contribution is 6.61. The third-order valence-electron chi connectivity index (χ3n) is 5.69. The van der Waals surface area contributed by atoms with Crippen LogP contribution in [0.1, 0.15) is 37.5 Å². The Labute approximate surface area is 174 Å². The van der Waals surface area contributed by atoms with Gasteiger partial charge in [-0.3, -0.25) is 0 Å². The maximum Gasteiger partial charge on any atom is 0.495 e. The zero-order valence-electron chi connectivity index (χ0n) is 16.9. The van der Waals surface area contributed by atoms with Gasteiger partial charge in [0.15, 0.2) is 0 Å². The summed E-state index contributed by atoms with van der Waals surface area (Å²) < 4.78 is 13.1. The van der Waals surface area contributed by atoms with Crippen molar-refractivity contribution >= 4 is 12.6 Å². The summed E-state index contributed by atoms with van der Waals surface area (Å²) in [6.45, 7) is 4.33. The molecule has 3 heteroatoms. The fourth-order valence-corrected chi connectivity index (χ4v) is 3.92. The van der Waals surface area contributed by atoms with Crippen molar-refractivity contribution in [2.45, 2.75) is 32.0 Å². The summed E-state index contributed by atoms with van der Waals surface area (Å²) in [7, 11) is -0.456. The highest BCUT2D eigenvalue weighted by atomic mass is 16.6. The molecule has 1 aliphatic heterocycles. The summed E-state index contributed by atoms with van der Waals surface area (Å²) in [5.41, 5.74) is 2.56. The minimum Gasteiger partial charge on any atom is -0.400 e. The average Bonchev–Trinajstić information content (AvgIpc) is 2.80. The van der Waals surface area contributed by atoms with Crippen molar-refractivity contribution < 1.29 is 9.31 Å². The van der Waals surface area contributed by atoms with Crippen molar-refractivity contribution in [2.75, 3.05) is 0 Å². The van der Waals surface area contributed by atoms with Crippen LogP contribution in [0.2, 0.25) is 0 Å². The molecular weight excluding hydrogens is 355 g/mol. The van der Waals surface area contributed by atoms with Crippen LogP contribution in [0.5, 0.6) is 0 Å². The molecule has 0 saturated carbocycles. The first-order valence-electron chi connectivity index (χ1n) is 10.2. The maximum absolute atomic E-state index is 6.60. The molecular formula is C26H25BO2. The van der Waals surface area contributed by atoms with Crippen LogP contribution in [0.4, 0.5) is 0 Å². The van der Waals surface area contributed by atoms with Gasteiger partial charge in [0.2, 0.25) is 0 Å². The van der Waals surface area contributed by atoms with Crippen molar-refractivity contribution in [3.8, 4) is 11.8 Å². The van der Waals surface area contributed by atoms with Crippen molar-refractivity contribution in [3.05, 3.63) is 102 Å². The molecule has 2 nitrogen and oxygen atoms in total. The molecule has 0 bridgehead atoms. The van der Waals surface area contributed by atoms with Crippen LogP contribution in [0.15, 0.2) is 91.0 Å². The van der Waals surface area contributed by atoms with Crippen LogP contribution in [0.25, 0.3) is 0 Å². The lowest BCUT2D eigenvalue weighted by atomic mass is 9.69. The molecule has 3 atom stereocenters. The van der Waals surface area contributed by atoms with Gasteiger partial charge in [-0.05, 0) is 29.6 Å². The van der Waals surface area contributed by atoms with Crippen LogP contribution in [0, 0.1) is 17.8 Å². The van der Waals surface area contributed by atoms with Gasteiger partial charge in [-0.15, -0.1) is 0 Å². The Bertz CT molecular complexity index is 979. The predicted octanol–water partition coefficient (Wildman–Crippen LogP) is 5.01. The van der Waals surface area contributed by atoms with Crippen molar-refractivity contribution in [1.29, 1.82) is 0 Å². The number of benzene rings is 3. The Morgan fingerprint density at radius 1 is 0.862 bits per heavy atom. The van der Waals surface area contributed by atoms with Gasteiger partial charge in [0.25, 0.3) is 0 Å². The van der Waals surface area contributed by atoms with E-state index < -0.39 is 12.7 Å². The van der Waals surface area contributed by atoms with E-state index in [1.807, 2.05) is 66.7 Å². The van der Waals surface area contributed by atoms with E-state index in [4.69, 9.17) is 9.31 Å². The zero-order valence-corrected chi connectivity index (χ0v) is 16.9. The third-order valence-corrected chi connectivity index (χ3v) is 5.69. The smallest absolute Gasteiger partial charge is 0.400 e. The Morgan fingerprint density at radius 3 is 2.07 bits per heavy atom. The molecule has 1 saturated heterocycles. The lowest BCUT2D eigenvalue weighted by Gasteiger charge is -2.46. The van der Waals surface area contributed by atoms with Crippen LogP contribution in [-0.4, -0.2) is 12.7 Å². The molecule has 1 fully saturated rings. The fraction of sp³-hybridized carbons (Fsp3) is 0.231.